The van der Waals surface area contributed by atoms with E-state index in [1.807, 2.05) is 12.1 Å². The second kappa shape index (κ2) is 13.8. The van der Waals surface area contributed by atoms with Gasteiger partial charge in [-0.05, 0) is 72.0 Å². The molecule has 0 saturated carbocycles. The van der Waals surface area contributed by atoms with Crippen LogP contribution in [0, 0.1) is 0 Å². The topological polar surface area (TPSA) is 131 Å². The number of ketones is 1. The van der Waals surface area contributed by atoms with E-state index in [-0.39, 0.29) is 17.9 Å². The van der Waals surface area contributed by atoms with Crippen LogP contribution < -0.4 is 20.3 Å². The second-order valence-electron chi connectivity index (χ2n) is 11.4. The number of ether oxygens (including phenoxy) is 2. The average Bonchev–Trinajstić information content (AvgIpc) is 3.60. The second-order valence-corrected chi connectivity index (χ2v) is 11.4. The summed E-state index contributed by atoms with van der Waals surface area (Å²) in [5.74, 6) is 0.887. The first-order valence-corrected chi connectivity index (χ1v) is 15.5. The summed E-state index contributed by atoms with van der Waals surface area (Å²) in [7, 11) is 3.33. The normalized spacial score (nSPS) is 12.7. The largest absolute Gasteiger partial charge is 0.493 e. The van der Waals surface area contributed by atoms with Crippen LogP contribution in [0.15, 0.2) is 83.8 Å². The van der Waals surface area contributed by atoms with Gasteiger partial charge in [0.1, 0.15) is 11.4 Å². The number of Topliss-reactive ketones (excluding diaryl/α,β-unsaturated/α-hetero) is 1. The number of methoxy groups -OCH3 is 2. The third-order valence-corrected chi connectivity index (χ3v) is 8.41. The van der Waals surface area contributed by atoms with Crippen molar-refractivity contribution in [2.45, 2.75) is 32.7 Å². The highest BCUT2D eigenvalue weighted by Crippen LogP contribution is 2.33. The van der Waals surface area contributed by atoms with E-state index < -0.39 is 11.5 Å². The molecular formula is C36H36N6O5. The molecule has 2 aromatic heterocycles. The fourth-order valence-corrected chi connectivity index (χ4v) is 5.77. The zero-order valence-electron chi connectivity index (χ0n) is 26.6. The number of aromatic nitrogens is 4. The molecule has 0 radical (unpaired) electrons. The molecule has 47 heavy (non-hydrogen) atoms. The Kier molecular flexibility index (Phi) is 9.25. The zero-order valence-corrected chi connectivity index (χ0v) is 26.6. The van der Waals surface area contributed by atoms with Gasteiger partial charge in [0.2, 0.25) is 5.56 Å². The molecule has 0 bridgehead atoms. The minimum atomic E-state index is -0.528. The lowest BCUT2D eigenvalue weighted by atomic mass is 9.98. The summed E-state index contributed by atoms with van der Waals surface area (Å²) in [5.41, 5.74) is 6.34. The van der Waals surface area contributed by atoms with Crippen LogP contribution in [-0.4, -0.2) is 63.9 Å². The van der Waals surface area contributed by atoms with Gasteiger partial charge in [-0.1, -0.05) is 36.4 Å². The van der Waals surface area contributed by atoms with Crippen molar-refractivity contribution in [3.63, 3.8) is 0 Å². The Bertz CT molecular complexity index is 1980. The first-order valence-electron chi connectivity index (χ1n) is 15.5. The van der Waals surface area contributed by atoms with E-state index in [1.54, 1.807) is 50.2 Å². The van der Waals surface area contributed by atoms with Gasteiger partial charge >= 0.3 is 0 Å². The Morgan fingerprint density at radius 1 is 0.957 bits per heavy atom. The average molecular weight is 633 g/mol. The summed E-state index contributed by atoms with van der Waals surface area (Å²) >= 11 is 0. The van der Waals surface area contributed by atoms with Crippen molar-refractivity contribution in [1.82, 2.24) is 24.9 Å². The molecule has 0 aliphatic carbocycles. The number of amides is 1. The van der Waals surface area contributed by atoms with Crippen molar-refractivity contribution in [2.24, 2.45) is 0 Å². The molecule has 0 saturated heterocycles. The smallest absolute Gasteiger partial charge is 0.272 e. The number of pyridine rings is 1. The Morgan fingerprint density at radius 3 is 2.45 bits per heavy atom. The third kappa shape index (κ3) is 7.00. The number of benzene rings is 3. The number of nitrogens with one attached hydrogen (secondary N) is 2. The quantitative estimate of drug-likeness (QED) is 0.193. The van der Waals surface area contributed by atoms with Gasteiger partial charge in [0.25, 0.3) is 5.91 Å². The number of carbonyl (C=O) groups is 2. The van der Waals surface area contributed by atoms with Gasteiger partial charge in [-0.15, -0.1) is 5.10 Å². The highest BCUT2D eigenvalue weighted by Gasteiger charge is 2.20. The molecule has 0 unspecified atom stereocenters. The number of aromatic amines is 1. The van der Waals surface area contributed by atoms with Gasteiger partial charge < -0.3 is 19.8 Å². The van der Waals surface area contributed by atoms with E-state index >= 15 is 0 Å². The molecule has 0 fully saturated rings. The van der Waals surface area contributed by atoms with Gasteiger partial charge in [0.15, 0.2) is 17.3 Å². The van der Waals surface area contributed by atoms with Crippen molar-refractivity contribution in [3.8, 4) is 28.4 Å². The Morgan fingerprint density at radius 2 is 1.72 bits per heavy atom. The number of hydrogen-bond donors (Lipinski definition) is 2. The van der Waals surface area contributed by atoms with Crippen molar-refractivity contribution in [3.05, 3.63) is 117 Å². The number of H-pyrrole nitrogens is 1. The van der Waals surface area contributed by atoms with Crippen molar-refractivity contribution < 1.29 is 19.1 Å². The molecular weight excluding hydrogens is 596 g/mol. The standard InChI is InChI=1S/C36H36N6O5/c1-4-32(43)28-13-10-25(18-30(28)38-36(45)29-6-5-7-35(44)37-29)31-22-42(40-39-31)27-11-8-23(9-12-27)14-16-41-17-15-24-19-33(46-2)34(47-3)20-26(24)21-41/h5-13,18-20,22H,4,14-17,21H2,1-3H3,(H,37,44)(H,38,45). The van der Waals surface area contributed by atoms with E-state index in [4.69, 9.17) is 9.47 Å². The van der Waals surface area contributed by atoms with Crippen LogP contribution in [0.2, 0.25) is 0 Å². The van der Waals surface area contributed by atoms with E-state index in [0.29, 0.717) is 22.5 Å². The maximum atomic E-state index is 12.9. The maximum absolute atomic E-state index is 12.9. The molecule has 240 valence electrons. The summed E-state index contributed by atoms with van der Waals surface area (Å²) in [5, 5.41) is 11.5. The van der Waals surface area contributed by atoms with E-state index in [9.17, 15) is 14.4 Å². The number of carbonyl (C=O) groups excluding carboxylic acids is 2. The van der Waals surface area contributed by atoms with E-state index in [0.717, 1.165) is 49.7 Å². The molecule has 5 aromatic rings. The predicted molar refractivity (Wildman–Crippen MR) is 179 cm³/mol. The molecule has 3 heterocycles. The number of fused-ring (bicyclic) bond motifs is 1. The molecule has 1 aliphatic rings. The summed E-state index contributed by atoms with van der Waals surface area (Å²) in [6, 6.07) is 21.9. The molecule has 6 rings (SSSR count). The molecule has 2 N–H and O–H groups in total. The molecule has 3 aromatic carbocycles. The first-order chi connectivity index (χ1) is 22.8. The summed E-state index contributed by atoms with van der Waals surface area (Å²) in [6.07, 6.45) is 3.97. The van der Waals surface area contributed by atoms with Crippen LogP contribution in [0.5, 0.6) is 11.5 Å². The fraction of sp³-hybridized carbons (Fsp3) is 0.250. The number of hydrogen-bond acceptors (Lipinski definition) is 8. The summed E-state index contributed by atoms with van der Waals surface area (Å²) < 4.78 is 12.7. The Hall–Kier alpha value is -5.55. The zero-order chi connectivity index (χ0) is 32.9. The third-order valence-electron chi connectivity index (χ3n) is 8.41. The molecule has 0 spiro atoms. The number of nitrogens with zero attached hydrogens (tertiary/aromatic N) is 4. The van der Waals surface area contributed by atoms with Crippen LogP contribution in [0.4, 0.5) is 5.69 Å². The predicted octanol–water partition coefficient (Wildman–Crippen LogP) is 5.09. The summed E-state index contributed by atoms with van der Waals surface area (Å²) in [4.78, 5) is 42.2. The number of rotatable bonds is 11. The highest BCUT2D eigenvalue weighted by molar-refractivity contribution is 6.09. The Labute approximate surface area is 272 Å². The van der Waals surface area contributed by atoms with Crippen LogP contribution in [0.3, 0.4) is 0 Å². The van der Waals surface area contributed by atoms with Gasteiger partial charge in [0, 0.05) is 43.2 Å². The fourth-order valence-electron chi connectivity index (χ4n) is 5.77. The van der Waals surface area contributed by atoms with E-state index in [2.05, 4.69) is 49.8 Å². The van der Waals surface area contributed by atoms with Crippen LogP contribution in [-0.2, 0) is 19.4 Å². The minimum Gasteiger partial charge on any atom is -0.493 e. The van der Waals surface area contributed by atoms with Crippen LogP contribution in [0.1, 0.15) is 50.9 Å². The first kappa shape index (κ1) is 31.4. The lowest BCUT2D eigenvalue weighted by molar-refractivity contribution is 0.0989. The van der Waals surface area contributed by atoms with Crippen LogP contribution in [0.25, 0.3) is 16.9 Å². The van der Waals surface area contributed by atoms with Gasteiger partial charge in [-0.3, -0.25) is 19.3 Å². The number of anilines is 1. The van der Waals surface area contributed by atoms with Gasteiger partial charge in [0.05, 0.1) is 31.8 Å². The highest BCUT2D eigenvalue weighted by atomic mass is 16.5. The molecule has 1 amide bonds. The molecule has 11 nitrogen and oxygen atoms in total. The minimum absolute atomic E-state index is 0.0927. The molecule has 1 aliphatic heterocycles. The van der Waals surface area contributed by atoms with E-state index in [1.165, 1.54) is 34.9 Å². The lowest BCUT2D eigenvalue weighted by Gasteiger charge is -2.29. The van der Waals surface area contributed by atoms with Crippen molar-refractivity contribution in [2.75, 3.05) is 32.6 Å². The monoisotopic (exact) mass is 632 g/mol. The van der Waals surface area contributed by atoms with Gasteiger partial charge in [-0.2, -0.15) is 0 Å². The maximum Gasteiger partial charge on any atom is 0.272 e. The van der Waals surface area contributed by atoms with Crippen LogP contribution >= 0.6 is 0 Å². The lowest BCUT2D eigenvalue weighted by Crippen LogP contribution is -2.32. The molecule has 0 atom stereocenters. The Balaban J connectivity index is 1.13. The van der Waals surface area contributed by atoms with Crippen molar-refractivity contribution in [1.29, 1.82) is 0 Å². The summed E-state index contributed by atoms with van der Waals surface area (Å²) in [6.45, 7) is 4.57. The SMILES string of the molecule is CCC(=O)c1ccc(-c2cn(-c3ccc(CCN4CCc5cc(OC)c(OC)cc5C4)cc3)nn2)cc1NC(=O)c1cccc(=O)[nH]1. The molecule has 11 heteroatoms. The van der Waals surface area contributed by atoms with Gasteiger partial charge in [-0.25, -0.2) is 4.68 Å². The van der Waals surface area contributed by atoms with Crippen molar-refractivity contribution >= 4 is 17.4 Å².